The number of hydrogen-bond donors (Lipinski definition) is 1. The van der Waals surface area contributed by atoms with Crippen molar-refractivity contribution in [3.63, 3.8) is 0 Å². The minimum Gasteiger partial charge on any atom is -0.327 e. The summed E-state index contributed by atoms with van der Waals surface area (Å²) in [6.45, 7) is 7.52. The zero-order chi connectivity index (χ0) is 14.8. The van der Waals surface area contributed by atoms with Gasteiger partial charge in [-0.1, -0.05) is 29.8 Å². The lowest BCUT2D eigenvalue weighted by molar-refractivity contribution is 0.182. The minimum atomic E-state index is 0.288. The molecule has 1 aliphatic rings. The fourth-order valence-corrected chi connectivity index (χ4v) is 4.14. The van der Waals surface area contributed by atoms with Crippen LogP contribution in [0.15, 0.2) is 35.7 Å². The third kappa shape index (κ3) is 3.54. The Kier molecular flexibility index (Phi) is 4.43. The predicted octanol–water partition coefficient (Wildman–Crippen LogP) is 3.68. The van der Waals surface area contributed by atoms with E-state index in [9.17, 15) is 0 Å². The van der Waals surface area contributed by atoms with Crippen LogP contribution in [0.3, 0.4) is 0 Å². The van der Waals surface area contributed by atoms with Crippen molar-refractivity contribution in [2.75, 3.05) is 13.1 Å². The van der Waals surface area contributed by atoms with Crippen LogP contribution in [0, 0.1) is 13.8 Å². The largest absolute Gasteiger partial charge is 0.327 e. The highest BCUT2D eigenvalue weighted by molar-refractivity contribution is 7.10. The molecule has 1 aromatic carbocycles. The molecule has 1 aliphatic heterocycles. The minimum absolute atomic E-state index is 0.288. The summed E-state index contributed by atoms with van der Waals surface area (Å²) in [5, 5.41) is 2.17. The van der Waals surface area contributed by atoms with Crippen molar-refractivity contribution in [2.24, 2.45) is 5.73 Å². The molecule has 2 aromatic rings. The van der Waals surface area contributed by atoms with Crippen LogP contribution < -0.4 is 5.73 Å². The van der Waals surface area contributed by atoms with E-state index in [1.807, 2.05) is 11.3 Å². The maximum Gasteiger partial charge on any atom is 0.0237 e. The Morgan fingerprint density at radius 2 is 2.10 bits per heavy atom. The van der Waals surface area contributed by atoms with Crippen LogP contribution in [-0.2, 0) is 6.54 Å². The number of aryl methyl sites for hydroxylation is 2. The lowest BCUT2D eigenvalue weighted by Crippen LogP contribution is -2.45. The number of hydrogen-bond acceptors (Lipinski definition) is 3. The summed E-state index contributed by atoms with van der Waals surface area (Å²) in [5.74, 6) is 0.596. The predicted molar refractivity (Wildman–Crippen MR) is 90.8 cm³/mol. The molecule has 1 fully saturated rings. The maximum absolute atomic E-state index is 6.31. The Bertz CT molecular complexity index is 591. The third-order valence-corrected chi connectivity index (χ3v) is 5.44. The zero-order valence-electron chi connectivity index (χ0n) is 12.9. The topological polar surface area (TPSA) is 29.3 Å². The summed E-state index contributed by atoms with van der Waals surface area (Å²) in [6, 6.07) is 11.4. The van der Waals surface area contributed by atoms with Gasteiger partial charge in [-0.05, 0) is 42.8 Å². The maximum atomic E-state index is 6.31. The van der Waals surface area contributed by atoms with E-state index < -0.39 is 0 Å². The second-order valence-corrected chi connectivity index (χ2v) is 7.31. The number of likely N-dealkylation sites (tertiary alicyclic amines) is 1. The Balaban J connectivity index is 1.74. The average molecular weight is 300 g/mol. The highest BCUT2D eigenvalue weighted by Gasteiger charge is 2.26. The molecule has 0 spiro atoms. The molecule has 2 unspecified atom stereocenters. The van der Waals surface area contributed by atoms with Crippen molar-refractivity contribution in [1.29, 1.82) is 0 Å². The van der Waals surface area contributed by atoms with Crippen molar-refractivity contribution in [1.82, 2.24) is 4.90 Å². The van der Waals surface area contributed by atoms with E-state index in [1.165, 1.54) is 21.6 Å². The van der Waals surface area contributed by atoms with Gasteiger partial charge in [0.1, 0.15) is 0 Å². The lowest BCUT2D eigenvalue weighted by atomic mass is 9.92. The molecule has 2 heterocycles. The first-order chi connectivity index (χ1) is 10.1. The Morgan fingerprint density at radius 3 is 2.86 bits per heavy atom. The molecule has 0 amide bonds. The monoisotopic (exact) mass is 300 g/mol. The van der Waals surface area contributed by atoms with Crippen LogP contribution in [0.5, 0.6) is 0 Å². The lowest BCUT2D eigenvalue weighted by Gasteiger charge is -2.36. The molecule has 3 heteroatoms. The summed E-state index contributed by atoms with van der Waals surface area (Å²) in [6.07, 6.45) is 1.11. The second kappa shape index (κ2) is 6.30. The van der Waals surface area contributed by atoms with Gasteiger partial charge in [0.2, 0.25) is 0 Å². The van der Waals surface area contributed by atoms with Gasteiger partial charge in [-0.15, -0.1) is 11.3 Å². The van der Waals surface area contributed by atoms with Gasteiger partial charge < -0.3 is 5.73 Å². The van der Waals surface area contributed by atoms with Gasteiger partial charge in [0.05, 0.1) is 0 Å². The number of rotatable bonds is 3. The molecule has 2 N–H and O–H groups in total. The molecule has 1 saturated heterocycles. The first-order valence-corrected chi connectivity index (χ1v) is 8.57. The van der Waals surface area contributed by atoms with Gasteiger partial charge >= 0.3 is 0 Å². The standard InChI is InChI=1S/C18H24N2S/c1-13-5-6-14(2)15(8-13)10-20-11-16(9-17(19)12-20)18-4-3-7-21-18/h3-8,16-17H,9-12,19H2,1-2H3. The van der Waals surface area contributed by atoms with E-state index in [0.717, 1.165) is 26.1 Å². The van der Waals surface area contributed by atoms with Crippen LogP contribution in [-0.4, -0.2) is 24.0 Å². The first-order valence-electron chi connectivity index (χ1n) is 7.69. The molecule has 21 heavy (non-hydrogen) atoms. The van der Waals surface area contributed by atoms with Crippen molar-refractivity contribution >= 4 is 11.3 Å². The fraction of sp³-hybridized carbons (Fsp3) is 0.444. The molecule has 3 rings (SSSR count). The highest BCUT2D eigenvalue weighted by atomic mass is 32.1. The van der Waals surface area contributed by atoms with E-state index in [0.29, 0.717) is 5.92 Å². The third-order valence-electron chi connectivity index (χ3n) is 4.40. The van der Waals surface area contributed by atoms with E-state index in [-0.39, 0.29) is 6.04 Å². The number of benzene rings is 1. The molecular formula is C18H24N2S. The van der Waals surface area contributed by atoms with Crippen LogP contribution in [0.1, 0.15) is 33.9 Å². The zero-order valence-corrected chi connectivity index (χ0v) is 13.7. The molecule has 0 saturated carbocycles. The summed E-state index contributed by atoms with van der Waals surface area (Å²) >= 11 is 1.86. The van der Waals surface area contributed by atoms with Gasteiger partial charge in [0.25, 0.3) is 0 Å². The van der Waals surface area contributed by atoms with E-state index >= 15 is 0 Å². The van der Waals surface area contributed by atoms with Crippen molar-refractivity contribution in [2.45, 2.75) is 38.8 Å². The van der Waals surface area contributed by atoms with Crippen molar-refractivity contribution < 1.29 is 0 Å². The van der Waals surface area contributed by atoms with Crippen LogP contribution in [0.25, 0.3) is 0 Å². The van der Waals surface area contributed by atoms with Gasteiger partial charge in [-0.2, -0.15) is 0 Å². The fourth-order valence-electron chi connectivity index (χ4n) is 3.30. The Hall–Kier alpha value is -1.16. The molecule has 2 nitrogen and oxygen atoms in total. The Morgan fingerprint density at radius 1 is 1.24 bits per heavy atom. The van der Waals surface area contributed by atoms with Crippen LogP contribution in [0.2, 0.25) is 0 Å². The number of nitrogens with two attached hydrogens (primary N) is 1. The molecule has 0 radical (unpaired) electrons. The smallest absolute Gasteiger partial charge is 0.0237 e. The summed E-state index contributed by atoms with van der Waals surface area (Å²) in [7, 11) is 0. The van der Waals surface area contributed by atoms with Gasteiger partial charge in [0.15, 0.2) is 0 Å². The van der Waals surface area contributed by atoms with Gasteiger partial charge in [-0.3, -0.25) is 4.90 Å². The number of thiophene rings is 1. The molecule has 2 atom stereocenters. The molecular weight excluding hydrogens is 276 g/mol. The highest BCUT2D eigenvalue weighted by Crippen LogP contribution is 2.30. The van der Waals surface area contributed by atoms with E-state index in [4.69, 9.17) is 5.73 Å². The molecule has 112 valence electrons. The molecule has 0 bridgehead atoms. The normalized spacial score (nSPS) is 23.4. The van der Waals surface area contributed by atoms with Crippen molar-refractivity contribution in [3.8, 4) is 0 Å². The van der Waals surface area contributed by atoms with Crippen LogP contribution in [0.4, 0.5) is 0 Å². The van der Waals surface area contributed by atoms with Crippen LogP contribution >= 0.6 is 11.3 Å². The summed E-state index contributed by atoms with van der Waals surface area (Å²) in [5.41, 5.74) is 10.5. The summed E-state index contributed by atoms with van der Waals surface area (Å²) in [4.78, 5) is 4.01. The van der Waals surface area contributed by atoms with Gasteiger partial charge in [0, 0.05) is 36.5 Å². The number of piperidine rings is 1. The van der Waals surface area contributed by atoms with Crippen molar-refractivity contribution in [3.05, 3.63) is 57.3 Å². The molecule has 0 aliphatic carbocycles. The quantitative estimate of drug-likeness (QED) is 0.937. The Labute approximate surface area is 131 Å². The van der Waals surface area contributed by atoms with E-state index in [1.54, 1.807) is 0 Å². The second-order valence-electron chi connectivity index (χ2n) is 6.33. The summed E-state index contributed by atoms with van der Waals surface area (Å²) < 4.78 is 0. The molecule has 1 aromatic heterocycles. The van der Waals surface area contributed by atoms with Gasteiger partial charge in [-0.25, -0.2) is 0 Å². The first kappa shape index (κ1) is 14.8. The average Bonchev–Trinajstić information content (AvgIpc) is 2.96. The number of nitrogens with zero attached hydrogens (tertiary/aromatic N) is 1. The van der Waals surface area contributed by atoms with E-state index in [2.05, 4.69) is 54.5 Å². The SMILES string of the molecule is Cc1ccc(C)c(CN2CC(N)CC(c3cccs3)C2)c1.